The Hall–Kier alpha value is -9.76. The molecular weight excluding hydrogens is 897 g/mol. The maximum absolute atomic E-state index is 6.87. The maximum Gasteiger partial charge on any atom is 0.143 e. The van der Waals surface area contributed by atoms with E-state index in [1.165, 1.54) is 92.5 Å². The van der Waals surface area contributed by atoms with Gasteiger partial charge < -0.3 is 8.83 Å². The number of fused-ring (bicyclic) bond motifs is 12. The smallest absolute Gasteiger partial charge is 0.143 e. The molecule has 0 unspecified atom stereocenters. The first-order valence-electron chi connectivity index (χ1n) is 25.5. The first-order valence-corrected chi connectivity index (χ1v) is 25.5. The maximum atomic E-state index is 6.87. The SMILES string of the molecule is c1ccc2cc(-c3c4ccccc4c(-c4cccc5c4oc4ccccc45)c4cc(-c5ccc6c(-c7cccc8ccccc78)c7ccccc7c(-c7cccc8oc9ccccc9c78)c6c5)ccc34)ccc2c1. The van der Waals surface area contributed by atoms with E-state index in [1.54, 1.807) is 0 Å². The molecule has 0 aliphatic heterocycles. The van der Waals surface area contributed by atoms with E-state index in [1.807, 2.05) is 0 Å². The van der Waals surface area contributed by atoms with Crippen LogP contribution in [0, 0.1) is 0 Å². The molecule has 2 heteroatoms. The van der Waals surface area contributed by atoms with Crippen LogP contribution in [0.15, 0.2) is 264 Å². The van der Waals surface area contributed by atoms with Crippen molar-refractivity contribution in [3.8, 4) is 55.6 Å². The Morgan fingerprint density at radius 2 is 0.649 bits per heavy atom. The van der Waals surface area contributed by atoms with Crippen LogP contribution in [0.4, 0.5) is 0 Å². The van der Waals surface area contributed by atoms with Gasteiger partial charge in [0, 0.05) is 32.7 Å². The highest BCUT2D eigenvalue weighted by Crippen LogP contribution is 2.51. The van der Waals surface area contributed by atoms with Crippen molar-refractivity contribution in [1.29, 1.82) is 0 Å². The summed E-state index contributed by atoms with van der Waals surface area (Å²) in [6, 6.07) is 93.3. The fraction of sp³-hybridized carbons (Fsp3) is 0. The molecule has 0 aliphatic carbocycles. The summed E-state index contributed by atoms with van der Waals surface area (Å²) >= 11 is 0. The van der Waals surface area contributed by atoms with Gasteiger partial charge in [-0.2, -0.15) is 0 Å². The first-order chi connectivity index (χ1) is 36.7. The fourth-order valence-electron chi connectivity index (χ4n) is 12.6. The van der Waals surface area contributed by atoms with E-state index in [9.17, 15) is 0 Å². The lowest BCUT2D eigenvalue weighted by Crippen LogP contribution is -1.94. The van der Waals surface area contributed by atoms with Gasteiger partial charge >= 0.3 is 0 Å². The highest BCUT2D eigenvalue weighted by molar-refractivity contribution is 6.28. The average molecular weight is 939 g/mol. The molecule has 0 spiro atoms. The zero-order valence-corrected chi connectivity index (χ0v) is 40.1. The molecular formula is C72H42O2. The van der Waals surface area contributed by atoms with Crippen LogP contribution in [-0.2, 0) is 0 Å². The van der Waals surface area contributed by atoms with Gasteiger partial charge in [-0.15, -0.1) is 0 Å². The van der Waals surface area contributed by atoms with Gasteiger partial charge in [-0.3, -0.25) is 0 Å². The van der Waals surface area contributed by atoms with Crippen molar-refractivity contribution in [3.05, 3.63) is 255 Å². The second kappa shape index (κ2) is 15.9. The third-order valence-corrected chi connectivity index (χ3v) is 15.8. The summed E-state index contributed by atoms with van der Waals surface area (Å²) in [6.45, 7) is 0. The molecule has 16 aromatic rings. The van der Waals surface area contributed by atoms with E-state index in [0.717, 1.165) is 71.7 Å². The summed E-state index contributed by atoms with van der Waals surface area (Å²) in [4.78, 5) is 0. The summed E-state index contributed by atoms with van der Waals surface area (Å²) in [5, 5.41) is 18.9. The van der Waals surface area contributed by atoms with Gasteiger partial charge in [-0.1, -0.05) is 218 Å². The molecule has 0 radical (unpaired) electrons. The Balaban J connectivity index is 1.03. The van der Waals surface area contributed by atoms with Crippen molar-refractivity contribution in [2.45, 2.75) is 0 Å². The van der Waals surface area contributed by atoms with Crippen molar-refractivity contribution in [1.82, 2.24) is 0 Å². The van der Waals surface area contributed by atoms with Gasteiger partial charge in [0.05, 0.1) is 0 Å². The summed E-state index contributed by atoms with van der Waals surface area (Å²) in [7, 11) is 0. The molecule has 0 amide bonds. The molecule has 342 valence electrons. The molecule has 0 saturated carbocycles. The largest absolute Gasteiger partial charge is 0.456 e. The van der Waals surface area contributed by atoms with Gasteiger partial charge in [0.25, 0.3) is 0 Å². The lowest BCUT2D eigenvalue weighted by Gasteiger charge is -2.21. The van der Waals surface area contributed by atoms with Crippen LogP contribution < -0.4 is 0 Å². The molecule has 0 bridgehead atoms. The molecule has 2 nitrogen and oxygen atoms in total. The summed E-state index contributed by atoms with van der Waals surface area (Å²) in [5.41, 5.74) is 15.3. The molecule has 74 heavy (non-hydrogen) atoms. The Morgan fingerprint density at radius 3 is 1.38 bits per heavy atom. The first kappa shape index (κ1) is 40.9. The van der Waals surface area contributed by atoms with Crippen molar-refractivity contribution in [2.75, 3.05) is 0 Å². The second-order valence-corrected chi connectivity index (χ2v) is 19.8. The summed E-state index contributed by atoms with van der Waals surface area (Å²) < 4.78 is 13.5. The summed E-state index contributed by atoms with van der Waals surface area (Å²) in [5.74, 6) is 0. The Kier molecular flexibility index (Phi) is 8.78. The normalized spacial score (nSPS) is 12.1. The minimum Gasteiger partial charge on any atom is -0.456 e. The molecule has 0 atom stereocenters. The number of hydrogen-bond acceptors (Lipinski definition) is 2. The van der Waals surface area contributed by atoms with Gasteiger partial charge in [-0.05, 0) is 146 Å². The number of para-hydroxylation sites is 3. The lowest BCUT2D eigenvalue weighted by atomic mass is 9.82. The molecule has 16 rings (SSSR count). The van der Waals surface area contributed by atoms with Crippen LogP contribution in [0.5, 0.6) is 0 Å². The summed E-state index contributed by atoms with van der Waals surface area (Å²) in [6.07, 6.45) is 0. The van der Waals surface area contributed by atoms with Gasteiger partial charge in [0.1, 0.15) is 22.3 Å². The van der Waals surface area contributed by atoms with Gasteiger partial charge in [-0.25, -0.2) is 0 Å². The molecule has 0 fully saturated rings. The highest BCUT2D eigenvalue weighted by atomic mass is 16.3. The van der Waals surface area contributed by atoms with Crippen molar-refractivity contribution >= 4 is 109 Å². The van der Waals surface area contributed by atoms with Crippen LogP contribution in [0.25, 0.3) is 164 Å². The van der Waals surface area contributed by atoms with E-state index in [2.05, 4.69) is 255 Å². The van der Waals surface area contributed by atoms with Crippen molar-refractivity contribution < 1.29 is 8.83 Å². The van der Waals surface area contributed by atoms with E-state index in [-0.39, 0.29) is 0 Å². The second-order valence-electron chi connectivity index (χ2n) is 19.8. The predicted octanol–water partition coefficient (Wildman–Crippen LogP) is 20.7. The van der Waals surface area contributed by atoms with E-state index >= 15 is 0 Å². The topological polar surface area (TPSA) is 26.3 Å². The lowest BCUT2D eigenvalue weighted by molar-refractivity contribution is 0.669. The zero-order chi connectivity index (χ0) is 48.4. The Bertz CT molecular complexity index is 5020. The van der Waals surface area contributed by atoms with Crippen molar-refractivity contribution in [2.24, 2.45) is 0 Å². The quantitative estimate of drug-likeness (QED) is 0.161. The van der Waals surface area contributed by atoms with Crippen LogP contribution in [-0.4, -0.2) is 0 Å². The van der Waals surface area contributed by atoms with E-state index in [4.69, 9.17) is 8.83 Å². The van der Waals surface area contributed by atoms with Crippen molar-refractivity contribution in [3.63, 3.8) is 0 Å². The van der Waals surface area contributed by atoms with E-state index in [0.29, 0.717) is 0 Å². The molecule has 0 aliphatic rings. The number of benzene rings is 14. The Morgan fingerprint density at radius 1 is 0.203 bits per heavy atom. The van der Waals surface area contributed by atoms with E-state index < -0.39 is 0 Å². The van der Waals surface area contributed by atoms with Crippen LogP contribution >= 0.6 is 0 Å². The standard InChI is InChI=1S/C72H42O2/c1-2-18-45-40-48(35-34-43(45)16-1)67-52-22-5-6-23-53(52)70(61-30-14-28-58-50-21-9-11-31-64(50)74-72(58)61)62-41-46(36-38-56(62)67)47-37-39-57-63(42-47)69(60-29-15-33-66-71(60)59-26-10-12-32-65(59)73-66)55-25-8-7-24-54(55)68(57)51-27-13-19-44-17-3-4-20-49(44)51/h1-42H. The monoisotopic (exact) mass is 938 g/mol. The minimum atomic E-state index is 0.881. The number of rotatable bonds is 5. The molecule has 0 N–H and O–H groups in total. The fourth-order valence-corrected chi connectivity index (χ4v) is 12.6. The van der Waals surface area contributed by atoms with Gasteiger partial charge in [0.15, 0.2) is 0 Å². The van der Waals surface area contributed by atoms with Crippen LogP contribution in [0.1, 0.15) is 0 Å². The zero-order valence-electron chi connectivity index (χ0n) is 40.1. The van der Waals surface area contributed by atoms with Gasteiger partial charge in [0.2, 0.25) is 0 Å². The third kappa shape index (κ3) is 6.00. The molecule has 2 heterocycles. The van der Waals surface area contributed by atoms with Crippen LogP contribution in [0.2, 0.25) is 0 Å². The predicted molar refractivity (Wildman–Crippen MR) is 313 cm³/mol. The minimum absolute atomic E-state index is 0.881. The molecule has 0 saturated heterocycles. The molecule has 14 aromatic carbocycles. The van der Waals surface area contributed by atoms with Crippen LogP contribution in [0.3, 0.4) is 0 Å². The number of hydrogen-bond donors (Lipinski definition) is 0. The highest BCUT2D eigenvalue weighted by Gasteiger charge is 2.24. The Labute approximate surface area is 425 Å². The average Bonchev–Trinajstić information content (AvgIpc) is 4.05. The molecule has 2 aromatic heterocycles. The third-order valence-electron chi connectivity index (χ3n) is 15.8. The number of furan rings is 2.